The Morgan fingerprint density at radius 2 is 2.50 bits per heavy atom. The van der Waals surface area contributed by atoms with E-state index in [4.69, 9.17) is 5.11 Å². The van der Waals surface area contributed by atoms with Gasteiger partial charge in [0.1, 0.15) is 6.04 Å². The minimum Gasteiger partial charge on any atom is -0.480 e. The molecule has 0 aromatic carbocycles. The molecule has 1 heterocycles. The highest BCUT2D eigenvalue weighted by Gasteiger charge is 2.30. The number of carbonyl (C=O) groups is 2. The number of hydrogen-bond donors (Lipinski definition) is 2. The van der Waals surface area contributed by atoms with Crippen molar-refractivity contribution in [2.75, 3.05) is 5.75 Å². The van der Waals surface area contributed by atoms with E-state index >= 15 is 0 Å². The summed E-state index contributed by atoms with van der Waals surface area (Å²) >= 11 is 1.41. The normalized spacial score (nSPS) is 29.6. The van der Waals surface area contributed by atoms with Crippen molar-refractivity contribution in [3.8, 4) is 0 Å². The van der Waals surface area contributed by atoms with Gasteiger partial charge in [-0.25, -0.2) is 4.79 Å². The van der Waals surface area contributed by atoms with Gasteiger partial charge in [-0.1, -0.05) is 6.92 Å². The number of aliphatic carboxylic acids is 1. The first-order valence-corrected chi connectivity index (χ1v) is 4.84. The molecule has 0 spiro atoms. The molecule has 1 aliphatic rings. The minimum absolute atomic E-state index is 0.0689. The van der Waals surface area contributed by atoms with Gasteiger partial charge in [-0.3, -0.25) is 4.79 Å². The summed E-state index contributed by atoms with van der Waals surface area (Å²) < 4.78 is 0. The van der Waals surface area contributed by atoms with Gasteiger partial charge in [0.25, 0.3) is 0 Å². The fraction of sp³-hybridized carbons (Fsp3) is 0.714. The lowest BCUT2D eigenvalue weighted by atomic mass is 10.2. The van der Waals surface area contributed by atoms with Crippen LogP contribution < -0.4 is 5.32 Å². The maximum absolute atomic E-state index is 11.1. The molecule has 1 aliphatic heterocycles. The standard InChI is InChI=1S/C7H11NO3S/c1-2-5-6(9)8-4(3-12-5)7(10)11/h4-5H,2-3H2,1H3,(H,8,9)(H,10,11). The second kappa shape index (κ2) is 3.80. The van der Waals surface area contributed by atoms with E-state index in [0.29, 0.717) is 5.75 Å². The predicted octanol–water partition coefficient (Wildman–Crippen LogP) is 0.0812. The Labute approximate surface area is 74.7 Å². The van der Waals surface area contributed by atoms with Crippen molar-refractivity contribution in [2.24, 2.45) is 0 Å². The van der Waals surface area contributed by atoms with Crippen molar-refractivity contribution < 1.29 is 14.7 Å². The molecular formula is C7H11NO3S. The molecule has 2 N–H and O–H groups in total. The molecule has 68 valence electrons. The topological polar surface area (TPSA) is 66.4 Å². The zero-order valence-electron chi connectivity index (χ0n) is 6.74. The first-order valence-electron chi connectivity index (χ1n) is 3.80. The van der Waals surface area contributed by atoms with Crippen LogP contribution in [0.25, 0.3) is 0 Å². The predicted molar refractivity (Wildman–Crippen MR) is 46.1 cm³/mol. The number of hydrogen-bond acceptors (Lipinski definition) is 3. The average molecular weight is 189 g/mol. The second-order valence-corrected chi connectivity index (χ2v) is 3.87. The number of carbonyl (C=O) groups excluding carboxylic acids is 1. The highest BCUT2D eigenvalue weighted by Crippen LogP contribution is 2.20. The van der Waals surface area contributed by atoms with Gasteiger partial charge in [-0.05, 0) is 6.42 Å². The molecule has 1 fully saturated rings. The van der Waals surface area contributed by atoms with Crippen LogP contribution in [-0.4, -0.2) is 34.0 Å². The first kappa shape index (κ1) is 9.38. The van der Waals surface area contributed by atoms with E-state index in [-0.39, 0.29) is 11.2 Å². The van der Waals surface area contributed by atoms with Gasteiger partial charge in [-0.15, -0.1) is 11.8 Å². The number of thioether (sulfide) groups is 1. The molecule has 0 aromatic heterocycles. The van der Waals surface area contributed by atoms with E-state index in [1.54, 1.807) is 0 Å². The molecule has 4 nitrogen and oxygen atoms in total. The summed E-state index contributed by atoms with van der Waals surface area (Å²) in [4.78, 5) is 21.6. The number of carboxylic acid groups (broad SMARTS) is 1. The third-order valence-corrected chi connectivity index (χ3v) is 3.22. The highest BCUT2D eigenvalue weighted by molar-refractivity contribution is 8.00. The Hall–Kier alpha value is -0.710. The smallest absolute Gasteiger partial charge is 0.327 e. The number of rotatable bonds is 2. The van der Waals surface area contributed by atoms with E-state index in [1.165, 1.54) is 11.8 Å². The highest BCUT2D eigenvalue weighted by atomic mass is 32.2. The summed E-state index contributed by atoms with van der Waals surface area (Å²) in [5.74, 6) is -0.633. The van der Waals surface area contributed by atoms with Crippen LogP contribution in [-0.2, 0) is 9.59 Å². The van der Waals surface area contributed by atoms with Gasteiger partial charge in [0.2, 0.25) is 5.91 Å². The van der Waals surface area contributed by atoms with Crippen LogP contribution in [0.1, 0.15) is 13.3 Å². The molecule has 1 rings (SSSR count). The summed E-state index contributed by atoms with van der Waals surface area (Å²) in [6.45, 7) is 1.92. The molecule has 2 atom stereocenters. The molecule has 2 unspecified atom stereocenters. The molecule has 0 saturated carbocycles. The molecule has 0 aromatic rings. The first-order chi connectivity index (χ1) is 5.65. The van der Waals surface area contributed by atoms with Crippen LogP contribution in [0.15, 0.2) is 0 Å². The molecule has 0 radical (unpaired) electrons. The molecular weight excluding hydrogens is 178 g/mol. The van der Waals surface area contributed by atoms with E-state index < -0.39 is 12.0 Å². The van der Waals surface area contributed by atoms with Gasteiger partial charge in [0.15, 0.2) is 0 Å². The summed E-state index contributed by atoms with van der Waals surface area (Å²) in [5.41, 5.74) is 0. The van der Waals surface area contributed by atoms with Crippen LogP contribution >= 0.6 is 11.8 Å². The fourth-order valence-corrected chi connectivity index (χ4v) is 2.14. The van der Waals surface area contributed by atoms with Crippen molar-refractivity contribution in [1.29, 1.82) is 0 Å². The molecule has 12 heavy (non-hydrogen) atoms. The summed E-state index contributed by atoms with van der Waals surface area (Å²) in [5, 5.41) is 11.0. The lowest BCUT2D eigenvalue weighted by Gasteiger charge is -2.25. The summed E-state index contributed by atoms with van der Waals surface area (Å²) in [7, 11) is 0. The second-order valence-electron chi connectivity index (χ2n) is 2.63. The average Bonchev–Trinajstić information content (AvgIpc) is 2.04. The molecule has 1 saturated heterocycles. The van der Waals surface area contributed by atoms with E-state index in [9.17, 15) is 9.59 Å². The minimum atomic E-state index is -0.953. The summed E-state index contributed by atoms with van der Waals surface area (Å²) in [6.07, 6.45) is 0.753. The lowest BCUT2D eigenvalue weighted by Crippen LogP contribution is -2.50. The van der Waals surface area contributed by atoms with Crippen LogP contribution in [0.4, 0.5) is 0 Å². The fourth-order valence-electron chi connectivity index (χ4n) is 1.03. The van der Waals surface area contributed by atoms with Gasteiger partial charge >= 0.3 is 5.97 Å². The zero-order valence-corrected chi connectivity index (χ0v) is 7.56. The van der Waals surface area contributed by atoms with E-state index in [1.807, 2.05) is 6.92 Å². The Kier molecular flexibility index (Phi) is 2.97. The Bertz CT molecular complexity index is 207. The number of nitrogens with one attached hydrogen (secondary N) is 1. The van der Waals surface area contributed by atoms with Crippen LogP contribution in [0.2, 0.25) is 0 Å². The third kappa shape index (κ3) is 1.91. The molecule has 1 amide bonds. The monoisotopic (exact) mass is 189 g/mol. The quantitative estimate of drug-likeness (QED) is 0.645. The van der Waals surface area contributed by atoms with Gasteiger partial charge in [0, 0.05) is 5.75 Å². The summed E-state index contributed by atoms with van der Waals surface area (Å²) in [6, 6.07) is -0.703. The molecule has 5 heteroatoms. The van der Waals surface area contributed by atoms with Crippen molar-refractivity contribution >= 4 is 23.6 Å². The van der Waals surface area contributed by atoms with Crippen LogP contribution in [0.5, 0.6) is 0 Å². The van der Waals surface area contributed by atoms with E-state index in [2.05, 4.69) is 5.32 Å². The number of carboxylic acids is 1. The molecule has 0 aliphatic carbocycles. The maximum atomic E-state index is 11.1. The van der Waals surface area contributed by atoms with E-state index in [0.717, 1.165) is 6.42 Å². The Morgan fingerprint density at radius 1 is 1.83 bits per heavy atom. The SMILES string of the molecule is CCC1SCC(C(=O)O)NC1=O. The van der Waals surface area contributed by atoms with Crippen LogP contribution in [0, 0.1) is 0 Å². The van der Waals surface area contributed by atoms with Crippen LogP contribution in [0.3, 0.4) is 0 Å². The Morgan fingerprint density at radius 3 is 2.92 bits per heavy atom. The molecule has 0 bridgehead atoms. The number of amides is 1. The zero-order chi connectivity index (χ0) is 9.14. The lowest BCUT2D eigenvalue weighted by molar-refractivity contribution is -0.141. The van der Waals surface area contributed by atoms with Crippen molar-refractivity contribution in [1.82, 2.24) is 5.32 Å². The Balaban J connectivity index is 2.52. The maximum Gasteiger partial charge on any atom is 0.327 e. The van der Waals surface area contributed by atoms with Crippen molar-refractivity contribution in [3.05, 3.63) is 0 Å². The van der Waals surface area contributed by atoms with Gasteiger partial charge < -0.3 is 10.4 Å². The van der Waals surface area contributed by atoms with Gasteiger partial charge in [-0.2, -0.15) is 0 Å². The largest absolute Gasteiger partial charge is 0.480 e. The third-order valence-electron chi connectivity index (χ3n) is 1.74. The van der Waals surface area contributed by atoms with Gasteiger partial charge in [0.05, 0.1) is 5.25 Å². The van der Waals surface area contributed by atoms with Crippen molar-refractivity contribution in [3.63, 3.8) is 0 Å². The van der Waals surface area contributed by atoms with Crippen molar-refractivity contribution in [2.45, 2.75) is 24.6 Å².